The minimum absolute atomic E-state index is 0.0242. The van der Waals surface area contributed by atoms with E-state index in [-0.39, 0.29) is 10.8 Å². The summed E-state index contributed by atoms with van der Waals surface area (Å²) in [6, 6.07) is 92.7. The van der Waals surface area contributed by atoms with E-state index in [9.17, 15) is 0 Å². The summed E-state index contributed by atoms with van der Waals surface area (Å²) in [6.07, 6.45) is 3.52. The first kappa shape index (κ1) is 48.0. The van der Waals surface area contributed by atoms with E-state index < -0.39 is 10.8 Å². The Hall–Kier alpha value is -8.00. The van der Waals surface area contributed by atoms with E-state index in [1.165, 1.54) is 107 Å². The zero-order chi connectivity index (χ0) is 51.5. The van der Waals surface area contributed by atoms with E-state index in [2.05, 4.69) is 296 Å². The summed E-state index contributed by atoms with van der Waals surface area (Å²) in [6.45, 7) is 16.1. The molecule has 10 aromatic rings. The van der Waals surface area contributed by atoms with Gasteiger partial charge in [-0.15, -0.1) is 0 Å². The predicted molar refractivity (Wildman–Crippen MR) is 317 cm³/mol. The summed E-state index contributed by atoms with van der Waals surface area (Å²) >= 11 is 0. The lowest BCUT2D eigenvalue weighted by Crippen LogP contribution is -2.29. The number of aryl methyl sites for hydroxylation is 1. The smallest absolute Gasteiger partial charge is 0.0714 e. The van der Waals surface area contributed by atoms with Crippen molar-refractivity contribution < 1.29 is 0 Å². The highest BCUT2D eigenvalue weighted by molar-refractivity contribution is 5.92. The van der Waals surface area contributed by atoms with E-state index in [1.807, 2.05) is 0 Å². The molecule has 0 spiro atoms. The van der Waals surface area contributed by atoms with Crippen molar-refractivity contribution in [2.75, 3.05) is 4.90 Å². The van der Waals surface area contributed by atoms with E-state index >= 15 is 0 Å². The maximum atomic E-state index is 2.51. The molecule has 0 bridgehead atoms. The molecule has 2 unspecified atom stereocenters. The van der Waals surface area contributed by atoms with Crippen LogP contribution < -0.4 is 4.90 Å². The zero-order valence-corrected chi connectivity index (χ0v) is 44.7. The maximum Gasteiger partial charge on any atom is 0.0714 e. The fraction of sp³-hybridized carbons (Fsp3) is 0.189. The third kappa shape index (κ3) is 7.98. The van der Waals surface area contributed by atoms with Gasteiger partial charge in [-0.05, 0) is 155 Å². The number of nitrogens with zero attached hydrogens (tertiary/aromatic N) is 1. The van der Waals surface area contributed by atoms with E-state index in [0.29, 0.717) is 0 Å². The molecule has 0 N–H and O–H groups in total. The Morgan fingerprint density at radius 1 is 0.333 bits per heavy atom. The standard InChI is InChI=1S/C74H67N/c1-8-9-20-51-29-31-52(32-30-51)53-33-43-60(44-34-53)75(61-45-47-65-63-25-16-18-27-67(63)73(69(65)49-61,56-21-12-10-13-22-56)58-39-35-54(36-40-58)71(2,3)4)62-46-48-66-64-26-17-19-28-68(64)74(70(66)50-62,57-23-14-11-15-24-57)59-41-37-55(38-42-59)72(5,6)7/h10-19,21-50H,8-9,20H2,1-7H3. The molecule has 1 nitrogen and oxygen atoms in total. The summed E-state index contributed by atoms with van der Waals surface area (Å²) in [5.74, 6) is 0. The van der Waals surface area contributed by atoms with Gasteiger partial charge in [0.15, 0.2) is 0 Å². The molecule has 0 aromatic heterocycles. The van der Waals surface area contributed by atoms with Crippen LogP contribution >= 0.6 is 0 Å². The first-order chi connectivity index (χ1) is 36.4. The van der Waals surface area contributed by atoms with Gasteiger partial charge in [0.25, 0.3) is 0 Å². The molecule has 0 saturated heterocycles. The third-order valence-electron chi connectivity index (χ3n) is 16.6. The minimum atomic E-state index is -0.570. The minimum Gasteiger partial charge on any atom is -0.310 e. The second-order valence-corrected chi connectivity index (χ2v) is 23.1. The number of anilines is 3. The summed E-state index contributed by atoms with van der Waals surface area (Å²) in [4.78, 5) is 2.51. The largest absolute Gasteiger partial charge is 0.310 e. The molecular formula is C74H67N. The van der Waals surface area contributed by atoms with Crippen LogP contribution in [0.5, 0.6) is 0 Å². The van der Waals surface area contributed by atoms with Gasteiger partial charge in [0.2, 0.25) is 0 Å². The summed E-state index contributed by atoms with van der Waals surface area (Å²) in [5.41, 5.74) is 24.0. The molecule has 0 heterocycles. The van der Waals surface area contributed by atoms with Crippen LogP contribution in [0.2, 0.25) is 0 Å². The Morgan fingerprint density at radius 2 is 0.693 bits per heavy atom. The van der Waals surface area contributed by atoms with Crippen LogP contribution in [0.4, 0.5) is 17.1 Å². The predicted octanol–water partition coefficient (Wildman–Crippen LogP) is 19.5. The second kappa shape index (κ2) is 18.7. The van der Waals surface area contributed by atoms with Crippen molar-refractivity contribution in [2.45, 2.75) is 89.4 Å². The number of fused-ring (bicyclic) bond motifs is 6. The molecule has 0 fully saturated rings. The number of rotatable bonds is 11. The van der Waals surface area contributed by atoms with Crippen LogP contribution in [0.3, 0.4) is 0 Å². The molecular weight excluding hydrogens is 903 g/mol. The van der Waals surface area contributed by atoms with Crippen molar-refractivity contribution in [3.63, 3.8) is 0 Å². The first-order valence-corrected chi connectivity index (χ1v) is 27.2. The van der Waals surface area contributed by atoms with Gasteiger partial charge >= 0.3 is 0 Å². The van der Waals surface area contributed by atoms with Crippen molar-refractivity contribution in [2.24, 2.45) is 0 Å². The lowest BCUT2D eigenvalue weighted by molar-refractivity contribution is 0.589. The van der Waals surface area contributed by atoms with Crippen molar-refractivity contribution in [1.29, 1.82) is 0 Å². The second-order valence-electron chi connectivity index (χ2n) is 23.1. The van der Waals surface area contributed by atoms with Gasteiger partial charge in [-0.1, -0.05) is 261 Å². The topological polar surface area (TPSA) is 3.24 Å². The van der Waals surface area contributed by atoms with Crippen molar-refractivity contribution in [1.82, 2.24) is 0 Å². The first-order valence-electron chi connectivity index (χ1n) is 27.2. The van der Waals surface area contributed by atoms with Gasteiger partial charge in [-0.2, -0.15) is 0 Å². The molecule has 0 radical (unpaired) electrons. The molecule has 10 aromatic carbocycles. The average molecular weight is 970 g/mol. The lowest BCUT2D eigenvalue weighted by atomic mass is 9.67. The van der Waals surface area contributed by atoms with E-state index in [4.69, 9.17) is 0 Å². The molecule has 0 saturated carbocycles. The molecule has 75 heavy (non-hydrogen) atoms. The zero-order valence-electron chi connectivity index (χ0n) is 44.7. The maximum absolute atomic E-state index is 2.51. The molecule has 0 aliphatic heterocycles. The highest BCUT2D eigenvalue weighted by atomic mass is 15.1. The Bertz CT molecular complexity index is 3470. The molecule has 368 valence electrons. The molecule has 2 aliphatic rings. The normalized spacial score (nSPS) is 16.5. The van der Waals surface area contributed by atoms with Crippen LogP contribution in [-0.4, -0.2) is 0 Å². The van der Waals surface area contributed by atoms with Crippen LogP contribution in [0.15, 0.2) is 243 Å². The van der Waals surface area contributed by atoms with Crippen LogP contribution in [-0.2, 0) is 28.1 Å². The number of unbranched alkanes of at least 4 members (excludes halogenated alkanes) is 1. The van der Waals surface area contributed by atoms with Gasteiger partial charge in [-0.25, -0.2) is 0 Å². The van der Waals surface area contributed by atoms with Gasteiger partial charge < -0.3 is 4.90 Å². The fourth-order valence-corrected chi connectivity index (χ4v) is 12.7. The molecule has 2 aliphatic carbocycles. The van der Waals surface area contributed by atoms with Gasteiger partial charge in [-0.3, -0.25) is 0 Å². The van der Waals surface area contributed by atoms with Crippen LogP contribution in [0.1, 0.15) is 123 Å². The summed E-state index contributed by atoms with van der Waals surface area (Å²) in [7, 11) is 0. The van der Waals surface area contributed by atoms with Crippen molar-refractivity contribution in [3.8, 4) is 33.4 Å². The number of benzene rings is 10. The molecule has 0 amide bonds. The van der Waals surface area contributed by atoms with Crippen molar-refractivity contribution >= 4 is 17.1 Å². The molecule has 12 rings (SSSR count). The van der Waals surface area contributed by atoms with Gasteiger partial charge in [0, 0.05) is 17.1 Å². The Morgan fingerprint density at radius 3 is 1.11 bits per heavy atom. The van der Waals surface area contributed by atoms with Crippen LogP contribution in [0.25, 0.3) is 33.4 Å². The SMILES string of the molecule is CCCCc1ccc(-c2ccc(N(c3ccc4c(c3)C(c3ccccc3)(c3ccc(C(C)(C)C)cc3)c3ccccc3-4)c3ccc4c(c3)C(c3ccccc3)(c3ccc(C(C)(C)C)cc3)c3ccccc3-4)cc2)cc1. The van der Waals surface area contributed by atoms with E-state index in [0.717, 1.165) is 23.5 Å². The number of hydrogen-bond acceptors (Lipinski definition) is 1. The number of hydrogen-bond donors (Lipinski definition) is 0. The van der Waals surface area contributed by atoms with Crippen molar-refractivity contribution in [3.05, 3.63) is 304 Å². The van der Waals surface area contributed by atoms with Crippen LogP contribution in [0, 0.1) is 0 Å². The Labute approximate surface area is 446 Å². The van der Waals surface area contributed by atoms with Gasteiger partial charge in [0.05, 0.1) is 10.8 Å². The third-order valence-corrected chi connectivity index (χ3v) is 16.6. The highest BCUT2D eigenvalue weighted by Crippen LogP contribution is 2.60. The Balaban J connectivity index is 1.10. The monoisotopic (exact) mass is 970 g/mol. The Kier molecular flexibility index (Phi) is 12.0. The fourth-order valence-electron chi connectivity index (χ4n) is 12.7. The molecule has 2 atom stereocenters. The summed E-state index contributed by atoms with van der Waals surface area (Å²) in [5, 5.41) is 0. The molecule has 1 heteroatoms. The highest BCUT2D eigenvalue weighted by Gasteiger charge is 2.48. The average Bonchev–Trinajstić information content (AvgIpc) is 3.97. The lowest BCUT2D eigenvalue weighted by Gasteiger charge is -2.36. The van der Waals surface area contributed by atoms with E-state index in [1.54, 1.807) is 0 Å². The quantitative estimate of drug-likeness (QED) is 0.125. The summed E-state index contributed by atoms with van der Waals surface area (Å²) < 4.78 is 0. The van der Waals surface area contributed by atoms with Gasteiger partial charge in [0.1, 0.15) is 0 Å².